The van der Waals surface area contributed by atoms with Crippen molar-refractivity contribution < 1.29 is 4.79 Å². The van der Waals surface area contributed by atoms with E-state index in [4.69, 9.17) is 0 Å². The van der Waals surface area contributed by atoms with Gasteiger partial charge in [0, 0.05) is 29.2 Å². The molecule has 0 aliphatic carbocycles. The van der Waals surface area contributed by atoms with E-state index in [9.17, 15) is 4.79 Å². The summed E-state index contributed by atoms with van der Waals surface area (Å²) in [5.74, 6) is 0.205. The molecule has 1 unspecified atom stereocenters. The quantitative estimate of drug-likeness (QED) is 0.906. The first kappa shape index (κ1) is 13.8. The van der Waals surface area contributed by atoms with Gasteiger partial charge in [-0.15, -0.1) is 11.3 Å². The molecular weight excluding hydrogens is 292 g/mol. The second-order valence-electron chi connectivity index (χ2n) is 6.03. The van der Waals surface area contributed by atoms with Crippen LogP contribution >= 0.6 is 11.3 Å². The van der Waals surface area contributed by atoms with Crippen molar-refractivity contribution in [1.29, 1.82) is 0 Å². The molecule has 2 aliphatic heterocycles. The second kappa shape index (κ2) is 5.76. The van der Waals surface area contributed by atoms with E-state index in [1.807, 2.05) is 12.1 Å². The zero-order chi connectivity index (χ0) is 14.9. The Morgan fingerprint density at radius 3 is 3.05 bits per heavy atom. The summed E-state index contributed by atoms with van der Waals surface area (Å²) in [6.07, 6.45) is 4.29. The summed E-state index contributed by atoms with van der Waals surface area (Å²) in [7, 11) is 0. The first-order valence-corrected chi connectivity index (χ1v) is 8.93. The second-order valence-corrected chi connectivity index (χ2v) is 7.01. The summed E-state index contributed by atoms with van der Waals surface area (Å²) in [5.41, 5.74) is 3.24. The van der Waals surface area contributed by atoms with Gasteiger partial charge in [-0.25, -0.2) is 0 Å². The average Bonchev–Trinajstić information content (AvgIpc) is 3.24. The van der Waals surface area contributed by atoms with E-state index in [0.717, 1.165) is 50.0 Å². The molecule has 3 nitrogen and oxygen atoms in total. The minimum atomic E-state index is 0.205. The smallest absolute Gasteiger partial charge is 0.254 e. The number of thiophene rings is 1. The van der Waals surface area contributed by atoms with Crippen molar-refractivity contribution in [1.82, 2.24) is 4.90 Å². The molecule has 1 fully saturated rings. The zero-order valence-electron chi connectivity index (χ0n) is 12.5. The molecule has 1 saturated heterocycles. The fourth-order valence-electron chi connectivity index (χ4n) is 3.65. The normalized spacial score (nSPS) is 20.5. The van der Waals surface area contributed by atoms with E-state index in [2.05, 4.69) is 33.8 Å². The molecule has 114 valence electrons. The number of nitrogens with zero attached hydrogens (tertiary/aromatic N) is 1. The summed E-state index contributed by atoms with van der Waals surface area (Å²) in [4.78, 5) is 16.5. The lowest BCUT2D eigenvalue weighted by Gasteiger charge is -2.27. The van der Waals surface area contributed by atoms with E-state index in [-0.39, 0.29) is 11.9 Å². The van der Waals surface area contributed by atoms with Crippen molar-refractivity contribution in [2.45, 2.75) is 31.7 Å². The highest BCUT2D eigenvalue weighted by molar-refractivity contribution is 7.10. The number of carbonyl (C=O) groups is 1. The van der Waals surface area contributed by atoms with Gasteiger partial charge in [0.1, 0.15) is 0 Å². The molecule has 2 aromatic rings. The monoisotopic (exact) mass is 312 g/mol. The molecule has 1 aromatic heterocycles. The zero-order valence-corrected chi connectivity index (χ0v) is 13.4. The van der Waals surface area contributed by atoms with Crippen LogP contribution in [0.2, 0.25) is 0 Å². The number of rotatable bonds is 2. The predicted octanol–water partition coefficient (Wildman–Crippen LogP) is 4.08. The van der Waals surface area contributed by atoms with Crippen LogP contribution in [0, 0.1) is 0 Å². The summed E-state index contributed by atoms with van der Waals surface area (Å²) >= 11 is 1.76. The predicted molar refractivity (Wildman–Crippen MR) is 90.6 cm³/mol. The summed E-state index contributed by atoms with van der Waals surface area (Å²) in [6, 6.07) is 10.6. The molecule has 0 bridgehead atoms. The number of amides is 1. The molecule has 1 N–H and O–H groups in total. The van der Waals surface area contributed by atoms with Crippen LogP contribution in [-0.4, -0.2) is 23.9 Å². The van der Waals surface area contributed by atoms with Gasteiger partial charge in [0.15, 0.2) is 0 Å². The molecule has 0 radical (unpaired) electrons. The number of hydrogen-bond donors (Lipinski definition) is 1. The standard InChI is InChI=1S/C18H20N2OS/c21-18(14-5-1-7-15-13(14)6-2-10-19-15)20-11-3-8-16(20)17-9-4-12-22-17/h1,4-5,7,9,12,16,19H,2-3,6,8,10-11H2. The largest absolute Gasteiger partial charge is 0.385 e. The van der Waals surface area contributed by atoms with Gasteiger partial charge in [-0.1, -0.05) is 12.1 Å². The van der Waals surface area contributed by atoms with Gasteiger partial charge in [0.2, 0.25) is 0 Å². The molecule has 1 aromatic carbocycles. The van der Waals surface area contributed by atoms with E-state index >= 15 is 0 Å². The van der Waals surface area contributed by atoms with Gasteiger partial charge in [-0.05, 0) is 54.8 Å². The van der Waals surface area contributed by atoms with Crippen LogP contribution in [0.5, 0.6) is 0 Å². The number of nitrogens with one attached hydrogen (secondary N) is 1. The van der Waals surface area contributed by atoms with Crippen LogP contribution in [0.15, 0.2) is 35.7 Å². The molecular formula is C18H20N2OS. The Kier molecular flexibility index (Phi) is 3.62. The fourth-order valence-corrected chi connectivity index (χ4v) is 4.53. The van der Waals surface area contributed by atoms with Gasteiger partial charge in [0.25, 0.3) is 5.91 Å². The Labute approximate surface area is 135 Å². The number of anilines is 1. The van der Waals surface area contributed by atoms with Gasteiger partial charge in [0.05, 0.1) is 6.04 Å². The highest BCUT2D eigenvalue weighted by Gasteiger charge is 2.32. The molecule has 4 rings (SSSR count). The number of carbonyl (C=O) groups excluding carboxylic acids is 1. The molecule has 3 heterocycles. The van der Waals surface area contributed by atoms with Crippen molar-refractivity contribution in [3.05, 3.63) is 51.7 Å². The molecule has 2 aliphatic rings. The van der Waals surface area contributed by atoms with Crippen LogP contribution in [0.25, 0.3) is 0 Å². The lowest BCUT2D eigenvalue weighted by molar-refractivity contribution is 0.0736. The first-order chi connectivity index (χ1) is 10.8. The van der Waals surface area contributed by atoms with Crippen LogP contribution in [0.1, 0.15) is 46.1 Å². The molecule has 1 amide bonds. The average molecular weight is 312 g/mol. The number of likely N-dealkylation sites (tertiary alicyclic amines) is 1. The SMILES string of the molecule is O=C(c1cccc2c1CCCN2)N1CCCC1c1cccs1. The maximum Gasteiger partial charge on any atom is 0.254 e. The topological polar surface area (TPSA) is 32.3 Å². The van der Waals surface area contributed by atoms with Crippen molar-refractivity contribution in [2.24, 2.45) is 0 Å². The minimum Gasteiger partial charge on any atom is -0.385 e. The van der Waals surface area contributed by atoms with E-state index in [0.29, 0.717) is 0 Å². The van der Waals surface area contributed by atoms with E-state index in [1.165, 1.54) is 10.4 Å². The first-order valence-electron chi connectivity index (χ1n) is 8.05. The third-order valence-corrected chi connectivity index (χ3v) is 5.68. The van der Waals surface area contributed by atoms with E-state index < -0.39 is 0 Å². The van der Waals surface area contributed by atoms with Gasteiger partial charge in [-0.2, -0.15) is 0 Å². The molecule has 22 heavy (non-hydrogen) atoms. The number of benzene rings is 1. The number of fused-ring (bicyclic) bond motifs is 1. The summed E-state index contributed by atoms with van der Waals surface area (Å²) < 4.78 is 0. The lowest BCUT2D eigenvalue weighted by Crippen LogP contribution is -2.31. The van der Waals surface area contributed by atoms with Gasteiger partial charge in [-0.3, -0.25) is 4.79 Å². The van der Waals surface area contributed by atoms with Gasteiger partial charge < -0.3 is 10.2 Å². The van der Waals surface area contributed by atoms with Crippen LogP contribution in [-0.2, 0) is 6.42 Å². The van der Waals surface area contributed by atoms with Crippen molar-refractivity contribution in [3.8, 4) is 0 Å². The highest BCUT2D eigenvalue weighted by Crippen LogP contribution is 2.36. The molecule has 1 atom stereocenters. The van der Waals surface area contributed by atoms with Crippen molar-refractivity contribution in [2.75, 3.05) is 18.4 Å². The summed E-state index contributed by atoms with van der Waals surface area (Å²) in [6.45, 7) is 1.88. The third-order valence-electron chi connectivity index (χ3n) is 4.71. The Morgan fingerprint density at radius 2 is 2.18 bits per heavy atom. The Bertz CT molecular complexity index is 680. The lowest BCUT2D eigenvalue weighted by atomic mass is 9.96. The Hall–Kier alpha value is -1.81. The summed E-state index contributed by atoms with van der Waals surface area (Å²) in [5, 5.41) is 5.52. The minimum absolute atomic E-state index is 0.205. The number of hydrogen-bond acceptors (Lipinski definition) is 3. The van der Waals surface area contributed by atoms with Crippen molar-refractivity contribution in [3.63, 3.8) is 0 Å². The highest BCUT2D eigenvalue weighted by atomic mass is 32.1. The third kappa shape index (κ3) is 2.31. The van der Waals surface area contributed by atoms with Crippen LogP contribution < -0.4 is 5.32 Å². The molecule has 0 spiro atoms. The van der Waals surface area contributed by atoms with Crippen LogP contribution in [0.4, 0.5) is 5.69 Å². The maximum atomic E-state index is 13.1. The van der Waals surface area contributed by atoms with Gasteiger partial charge >= 0.3 is 0 Å². The fraction of sp³-hybridized carbons (Fsp3) is 0.389. The Morgan fingerprint density at radius 1 is 1.23 bits per heavy atom. The molecule has 4 heteroatoms. The van der Waals surface area contributed by atoms with Crippen molar-refractivity contribution >= 4 is 22.9 Å². The molecule has 0 saturated carbocycles. The van der Waals surface area contributed by atoms with E-state index in [1.54, 1.807) is 11.3 Å². The Balaban J connectivity index is 1.67. The van der Waals surface area contributed by atoms with Crippen LogP contribution in [0.3, 0.4) is 0 Å². The maximum absolute atomic E-state index is 13.1.